The van der Waals surface area contributed by atoms with Crippen molar-refractivity contribution in [3.8, 4) is 0 Å². The summed E-state index contributed by atoms with van der Waals surface area (Å²) in [5.41, 5.74) is 5.46. The first-order valence-electron chi connectivity index (χ1n) is 6.20. The van der Waals surface area contributed by atoms with Crippen molar-refractivity contribution < 1.29 is 14.3 Å². The minimum Gasteiger partial charge on any atom is -0.467 e. The van der Waals surface area contributed by atoms with E-state index in [4.69, 9.17) is 10.5 Å². The van der Waals surface area contributed by atoms with Crippen LogP contribution in [-0.4, -0.2) is 43.0 Å². The number of esters is 1. The first kappa shape index (κ1) is 14.0. The fourth-order valence-corrected chi connectivity index (χ4v) is 2.23. The summed E-state index contributed by atoms with van der Waals surface area (Å²) in [6.45, 7) is 3.00. The Morgan fingerprint density at radius 1 is 1.47 bits per heavy atom. The van der Waals surface area contributed by atoms with Crippen LogP contribution in [0.1, 0.15) is 32.6 Å². The number of hydrogen-bond acceptors (Lipinski definition) is 4. The lowest BCUT2D eigenvalue weighted by atomic mass is 9.98. The Labute approximate surface area is 102 Å². The maximum atomic E-state index is 12.2. The van der Waals surface area contributed by atoms with Gasteiger partial charge in [0.2, 0.25) is 5.91 Å². The lowest BCUT2D eigenvalue weighted by molar-refractivity contribution is -0.156. The van der Waals surface area contributed by atoms with E-state index in [2.05, 4.69) is 0 Å². The monoisotopic (exact) mass is 242 g/mol. The van der Waals surface area contributed by atoms with Crippen LogP contribution in [0, 0.1) is 5.92 Å². The van der Waals surface area contributed by atoms with Crippen LogP contribution in [0.3, 0.4) is 0 Å². The van der Waals surface area contributed by atoms with Gasteiger partial charge in [0.1, 0.15) is 6.04 Å². The molecule has 2 atom stereocenters. The van der Waals surface area contributed by atoms with Crippen LogP contribution in [0.4, 0.5) is 0 Å². The molecule has 0 saturated carbocycles. The van der Waals surface area contributed by atoms with Crippen molar-refractivity contribution in [1.29, 1.82) is 0 Å². The van der Waals surface area contributed by atoms with Gasteiger partial charge in [-0.15, -0.1) is 0 Å². The Hall–Kier alpha value is -1.10. The molecule has 1 fully saturated rings. The molecule has 0 bridgehead atoms. The van der Waals surface area contributed by atoms with Gasteiger partial charge in [-0.1, -0.05) is 6.92 Å². The molecule has 1 amide bonds. The molecule has 1 saturated heterocycles. The molecule has 1 rings (SSSR count). The molecule has 1 heterocycles. The molecule has 0 aromatic rings. The SMILES string of the molecule is COC(=O)C1CCCCN1C(=O)C(C)CCN. The Balaban J connectivity index is 2.70. The second-order valence-corrected chi connectivity index (χ2v) is 4.54. The minimum atomic E-state index is -0.401. The zero-order valence-corrected chi connectivity index (χ0v) is 10.6. The lowest BCUT2D eigenvalue weighted by Gasteiger charge is -2.35. The van der Waals surface area contributed by atoms with E-state index in [0.717, 1.165) is 12.8 Å². The molecule has 1 aliphatic heterocycles. The summed E-state index contributed by atoms with van der Waals surface area (Å²) in [5, 5.41) is 0. The Morgan fingerprint density at radius 3 is 2.76 bits per heavy atom. The highest BCUT2D eigenvalue weighted by molar-refractivity contribution is 5.85. The van der Waals surface area contributed by atoms with Gasteiger partial charge in [-0.25, -0.2) is 4.79 Å². The zero-order chi connectivity index (χ0) is 12.8. The molecule has 1 aliphatic rings. The van der Waals surface area contributed by atoms with E-state index in [1.807, 2.05) is 6.92 Å². The van der Waals surface area contributed by atoms with E-state index < -0.39 is 6.04 Å². The van der Waals surface area contributed by atoms with Crippen molar-refractivity contribution in [1.82, 2.24) is 4.90 Å². The smallest absolute Gasteiger partial charge is 0.328 e. The summed E-state index contributed by atoms with van der Waals surface area (Å²) in [6, 6.07) is -0.401. The fraction of sp³-hybridized carbons (Fsp3) is 0.833. The topological polar surface area (TPSA) is 72.6 Å². The van der Waals surface area contributed by atoms with Crippen LogP contribution in [0.15, 0.2) is 0 Å². The summed E-state index contributed by atoms with van der Waals surface area (Å²) in [4.78, 5) is 25.5. The number of carbonyl (C=O) groups is 2. The number of carbonyl (C=O) groups excluding carboxylic acids is 2. The predicted molar refractivity (Wildman–Crippen MR) is 64.2 cm³/mol. The van der Waals surface area contributed by atoms with E-state index >= 15 is 0 Å². The molecule has 98 valence electrons. The van der Waals surface area contributed by atoms with Crippen molar-refractivity contribution >= 4 is 11.9 Å². The Kier molecular flexibility index (Phi) is 5.41. The second kappa shape index (κ2) is 6.59. The average molecular weight is 242 g/mol. The average Bonchev–Trinajstić information content (AvgIpc) is 2.37. The van der Waals surface area contributed by atoms with E-state index in [1.54, 1.807) is 4.90 Å². The Morgan fingerprint density at radius 2 is 2.18 bits per heavy atom. The third-order valence-corrected chi connectivity index (χ3v) is 3.28. The van der Waals surface area contributed by atoms with Crippen molar-refractivity contribution in [2.24, 2.45) is 11.7 Å². The highest BCUT2D eigenvalue weighted by Crippen LogP contribution is 2.21. The van der Waals surface area contributed by atoms with Gasteiger partial charge in [0.05, 0.1) is 7.11 Å². The largest absolute Gasteiger partial charge is 0.467 e. The lowest BCUT2D eigenvalue weighted by Crippen LogP contribution is -2.50. The molecule has 0 aliphatic carbocycles. The first-order chi connectivity index (χ1) is 8.11. The molecule has 2 N–H and O–H groups in total. The molecule has 0 aromatic carbocycles. The van der Waals surface area contributed by atoms with E-state index in [9.17, 15) is 9.59 Å². The van der Waals surface area contributed by atoms with Gasteiger partial charge in [-0.3, -0.25) is 4.79 Å². The molecule has 0 radical (unpaired) electrons. The van der Waals surface area contributed by atoms with Crippen LogP contribution in [0.5, 0.6) is 0 Å². The van der Waals surface area contributed by atoms with Gasteiger partial charge in [-0.2, -0.15) is 0 Å². The summed E-state index contributed by atoms with van der Waals surface area (Å²) in [6.07, 6.45) is 3.28. The molecule has 0 spiro atoms. The number of methoxy groups -OCH3 is 1. The molecule has 2 unspecified atom stereocenters. The number of rotatable bonds is 4. The standard InChI is InChI=1S/C12H22N2O3/c1-9(6-7-13)11(15)14-8-4-3-5-10(14)12(16)17-2/h9-10H,3-8,13H2,1-2H3. The maximum Gasteiger partial charge on any atom is 0.328 e. The van der Waals surface area contributed by atoms with Gasteiger partial charge in [0.15, 0.2) is 0 Å². The summed E-state index contributed by atoms with van der Waals surface area (Å²) in [7, 11) is 1.36. The quantitative estimate of drug-likeness (QED) is 0.730. The van der Waals surface area contributed by atoms with Crippen molar-refractivity contribution in [2.75, 3.05) is 20.2 Å². The van der Waals surface area contributed by atoms with Crippen molar-refractivity contribution in [3.05, 3.63) is 0 Å². The van der Waals surface area contributed by atoms with E-state index in [-0.39, 0.29) is 17.8 Å². The number of ether oxygens (including phenoxy) is 1. The highest BCUT2D eigenvalue weighted by atomic mass is 16.5. The van der Waals surface area contributed by atoms with Crippen molar-refractivity contribution in [3.63, 3.8) is 0 Å². The summed E-state index contributed by atoms with van der Waals surface area (Å²) < 4.78 is 4.75. The molecule has 5 heteroatoms. The number of hydrogen-bond donors (Lipinski definition) is 1. The van der Waals surface area contributed by atoms with Gasteiger partial charge in [-0.05, 0) is 32.2 Å². The molecular formula is C12H22N2O3. The highest BCUT2D eigenvalue weighted by Gasteiger charge is 2.34. The van der Waals surface area contributed by atoms with Gasteiger partial charge in [0.25, 0.3) is 0 Å². The van der Waals surface area contributed by atoms with Gasteiger partial charge >= 0.3 is 5.97 Å². The number of nitrogens with zero attached hydrogens (tertiary/aromatic N) is 1. The number of likely N-dealkylation sites (tertiary alicyclic amines) is 1. The van der Waals surface area contributed by atoms with Crippen LogP contribution in [0.25, 0.3) is 0 Å². The van der Waals surface area contributed by atoms with Gasteiger partial charge in [0, 0.05) is 12.5 Å². The molecule has 5 nitrogen and oxygen atoms in total. The second-order valence-electron chi connectivity index (χ2n) is 4.54. The van der Waals surface area contributed by atoms with Crippen LogP contribution >= 0.6 is 0 Å². The maximum absolute atomic E-state index is 12.2. The number of nitrogens with two attached hydrogens (primary N) is 1. The minimum absolute atomic E-state index is 0.0190. The van der Waals surface area contributed by atoms with Crippen LogP contribution < -0.4 is 5.73 Å². The summed E-state index contributed by atoms with van der Waals surface area (Å²) in [5.74, 6) is -0.409. The molecule has 0 aromatic heterocycles. The third kappa shape index (κ3) is 3.43. The normalized spacial score (nSPS) is 22.1. The van der Waals surface area contributed by atoms with Crippen LogP contribution in [-0.2, 0) is 14.3 Å². The zero-order valence-electron chi connectivity index (χ0n) is 10.6. The van der Waals surface area contributed by atoms with Crippen LogP contribution in [0.2, 0.25) is 0 Å². The van der Waals surface area contributed by atoms with E-state index in [1.165, 1.54) is 7.11 Å². The first-order valence-corrected chi connectivity index (χ1v) is 6.20. The molecular weight excluding hydrogens is 220 g/mol. The third-order valence-electron chi connectivity index (χ3n) is 3.28. The fourth-order valence-electron chi connectivity index (χ4n) is 2.23. The summed E-state index contributed by atoms with van der Waals surface area (Å²) >= 11 is 0. The van der Waals surface area contributed by atoms with E-state index in [0.29, 0.717) is 25.9 Å². The molecule has 17 heavy (non-hydrogen) atoms. The number of piperidine rings is 1. The number of amides is 1. The van der Waals surface area contributed by atoms with Gasteiger partial charge < -0.3 is 15.4 Å². The van der Waals surface area contributed by atoms with Crippen molar-refractivity contribution in [2.45, 2.75) is 38.6 Å². The predicted octanol–water partition coefficient (Wildman–Crippen LogP) is 0.525. The Bertz CT molecular complexity index is 281.